The lowest BCUT2D eigenvalue weighted by Crippen LogP contribution is -2.14. The van der Waals surface area contributed by atoms with Gasteiger partial charge in [0.1, 0.15) is 17.1 Å². The number of hydrogen-bond acceptors (Lipinski definition) is 7. The van der Waals surface area contributed by atoms with Gasteiger partial charge in [0.05, 0.1) is 13.2 Å². The van der Waals surface area contributed by atoms with Crippen molar-refractivity contribution in [3.63, 3.8) is 0 Å². The third-order valence-corrected chi connectivity index (χ3v) is 3.85. The van der Waals surface area contributed by atoms with Crippen molar-refractivity contribution in [3.8, 4) is 5.88 Å². The highest BCUT2D eigenvalue weighted by molar-refractivity contribution is 5.61. The van der Waals surface area contributed by atoms with E-state index in [-0.39, 0.29) is 11.9 Å². The molecule has 3 rings (SSSR count). The van der Waals surface area contributed by atoms with E-state index in [1.165, 1.54) is 0 Å². The maximum atomic E-state index is 12.7. The Morgan fingerprint density at radius 3 is 2.81 bits per heavy atom. The number of anilines is 3. The molecule has 140 valence electrons. The summed E-state index contributed by atoms with van der Waals surface area (Å²) in [5.74, 6) is -0.127. The summed E-state index contributed by atoms with van der Waals surface area (Å²) in [7, 11) is 0. The summed E-state index contributed by atoms with van der Waals surface area (Å²) >= 11 is 0. The lowest BCUT2D eigenvalue weighted by atomic mass is 10.1. The Balaban J connectivity index is 1.77. The second kappa shape index (κ2) is 7.32. The van der Waals surface area contributed by atoms with Crippen LogP contribution in [-0.2, 0) is 10.9 Å². The van der Waals surface area contributed by atoms with E-state index < -0.39 is 17.6 Å². The Hall–Kier alpha value is -2.62. The van der Waals surface area contributed by atoms with E-state index in [1.807, 2.05) is 6.92 Å². The van der Waals surface area contributed by atoms with Gasteiger partial charge in [0, 0.05) is 24.4 Å². The van der Waals surface area contributed by atoms with E-state index in [0.29, 0.717) is 37.6 Å². The number of nitrogens with zero attached hydrogens (tertiary/aromatic N) is 3. The van der Waals surface area contributed by atoms with Crippen LogP contribution < -0.4 is 15.8 Å². The molecular formula is C16H18F3N5O2. The van der Waals surface area contributed by atoms with Crippen LogP contribution in [0.4, 0.5) is 30.6 Å². The molecule has 0 aliphatic carbocycles. The number of hydrogen-bond donors (Lipinski definition) is 2. The number of nitrogen functional groups attached to an aromatic ring is 1. The van der Waals surface area contributed by atoms with E-state index in [0.717, 1.165) is 12.1 Å². The first-order valence-corrected chi connectivity index (χ1v) is 7.98. The zero-order valence-corrected chi connectivity index (χ0v) is 14.0. The standard InChI is InChI=1S/C16H18F3N5O2/c1-9-2-3-12(14(22-9)26-8-10-4-5-25-7-10)23-15-21-6-11(13(20)24-15)16(17,18)19/h2-3,6,10H,4-5,7-8H2,1H3,(H3,20,21,23,24). The third-order valence-electron chi connectivity index (χ3n) is 3.85. The molecule has 3 N–H and O–H groups in total. The molecule has 1 fully saturated rings. The summed E-state index contributed by atoms with van der Waals surface area (Å²) < 4.78 is 49.3. The van der Waals surface area contributed by atoms with E-state index in [4.69, 9.17) is 15.2 Å². The highest BCUT2D eigenvalue weighted by Crippen LogP contribution is 2.33. The number of rotatable bonds is 5. The summed E-state index contributed by atoms with van der Waals surface area (Å²) in [5.41, 5.74) is 5.49. The fourth-order valence-electron chi connectivity index (χ4n) is 2.44. The van der Waals surface area contributed by atoms with E-state index in [1.54, 1.807) is 12.1 Å². The fourth-order valence-corrected chi connectivity index (χ4v) is 2.44. The average molecular weight is 369 g/mol. The first kappa shape index (κ1) is 18.2. The molecule has 3 heterocycles. The number of alkyl halides is 3. The van der Waals surface area contributed by atoms with E-state index >= 15 is 0 Å². The zero-order chi connectivity index (χ0) is 18.7. The van der Waals surface area contributed by atoms with Crippen LogP contribution in [0.15, 0.2) is 18.3 Å². The van der Waals surface area contributed by atoms with Crippen LogP contribution >= 0.6 is 0 Å². The van der Waals surface area contributed by atoms with Crippen LogP contribution in [0.25, 0.3) is 0 Å². The molecule has 10 heteroatoms. The van der Waals surface area contributed by atoms with Crippen LogP contribution in [0, 0.1) is 12.8 Å². The molecule has 0 aromatic carbocycles. The second-order valence-electron chi connectivity index (χ2n) is 5.96. The van der Waals surface area contributed by atoms with Crippen LogP contribution in [0.3, 0.4) is 0 Å². The van der Waals surface area contributed by atoms with Crippen molar-refractivity contribution in [1.29, 1.82) is 0 Å². The maximum Gasteiger partial charge on any atom is 0.421 e. The van der Waals surface area contributed by atoms with Crippen LogP contribution in [-0.4, -0.2) is 34.8 Å². The lowest BCUT2D eigenvalue weighted by molar-refractivity contribution is -0.137. The Morgan fingerprint density at radius 1 is 1.35 bits per heavy atom. The van der Waals surface area contributed by atoms with Crippen LogP contribution in [0.2, 0.25) is 0 Å². The second-order valence-corrected chi connectivity index (χ2v) is 5.96. The predicted octanol–water partition coefficient (Wildman–Crippen LogP) is 2.94. The van der Waals surface area contributed by atoms with Gasteiger partial charge in [-0.15, -0.1) is 0 Å². The molecule has 1 unspecified atom stereocenters. The van der Waals surface area contributed by atoms with Gasteiger partial charge in [-0.2, -0.15) is 18.2 Å². The van der Waals surface area contributed by atoms with Gasteiger partial charge in [-0.05, 0) is 25.5 Å². The molecule has 0 radical (unpaired) electrons. The minimum absolute atomic E-state index is 0.0739. The molecule has 2 aromatic rings. The van der Waals surface area contributed by atoms with Gasteiger partial charge in [0.2, 0.25) is 11.8 Å². The number of nitrogens with two attached hydrogens (primary N) is 1. The zero-order valence-electron chi connectivity index (χ0n) is 14.0. The smallest absolute Gasteiger partial charge is 0.421 e. The molecule has 7 nitrogen and oxygen atoms in total. The van der Waals surface area contributed by atoms with Crippen molar-refractivity contribution in [3.05, 3.63) is 29.6 Å². The molecule has 26 heavy (non-hydrogen) atoms. The summed E-state index contributed by atoms with van der Waals surface area (Å²) in [6, 6.07) is 3.43. The van der Waals surface area contributed by atoms with Crippen molar-refractivity contribution >= 4 is 17.5 Å². The lowest BCUT2D eigenvalue weighted by Gasteiger charge is -2.15. The number of aromatic nitrogens is 3. The Kier molecular flexibility index (Phi) is 5.12. The van der Waals surface area contributed by atoms with Gasteiger partial charge < -0.3 is 20.5 Å². The number of ether oxygens (including phenoxy) is 2. The van der Waals surface area contributed by atoms with Gasteiger partial charge in [-0.3, -0.25) is 0 Å². The monoisotopic (exact) mass is 369 g/mol. The SMILES string of the molecule is Cc1ccc(Nc2ncc(C(F)(F)F)c(N)n2)c(OCC2CCOC2)n1. The molecule has 1 aliphatic heterocycles. The van der Waals surface area contributed by atoms with E-state index in [9.17, 15) is 13.2 Å². The van der Waals surface area contributed by atoms with Crippen LogP contribution in [0.5, 0.6) is 5.88 Å². The number of aryl methyl sites for hydroxylation is 1. The molecule has 0 amide bonds. The van der Waals surface area contributed by atoms with Gasteiger partial charge in [0.25, 0.3) is 0 Å². The normalized spacial score (nSPS) is 17.3. The number of halogens is 3. The molecule has 0 spiro atoms. The highest BCUT2D eigenvalue weighted by Gasteiger charge is 2.34. The summed E-state index contributed by atoms with van der Waals surface area (Å²) in [4.78, 5) is 11.7. The largest absolute Gasteiger partial charge is 0.476 e. The highest BCUT2D eigenvalue weighted by atomic mass is 19.4. The molecular weight excluding hydrogens is 351 g/mol. The molecule has 1 atom stereocenters. The van der Waals surface area contributed by atoms with Crippen LogP contribution in [0.1, 0.15) is 17.7 Å². The molecule has 0 bridgehead atoms. The Labute approximate surface area is 147 Å². The third kappa shape index (κ3) is 4.31. The number of pyridine rings is 1. The van der Waals surface area contributed by atoms with Crippen molar-refractivity contribution < 1.29 is 22.6 Å². The maximum absolute atomic E-state index is 12.7. The van der Waals surface area contributed by atoms with Crippen molar-refractivity contribution in [2.45, 2.75) is 19.5 Å². The van der Waals surface area contributed by atoms with Gasteiger partial charge >= 0.3 is 6.18 Å². The molecule has 1 saturated heterocycles. The molecule has 0 saturated carbocycles. The predicted molar refractivity (Wildman–Crippen MR) is 88.1 cm³/mol. The molecule has 1 aliphatic rings. The summed E-state index contributed by atoms with van der Waals surface area (Å²) in [6.45, 7) is 3.58. The average Bonchev–Trinajstić information content (AvgIpc) is 3.07. The topological polar surface area (TPSA) is 95.2 Å². The first-order valence-electron chi connectivity index (χ1n) is 7.98. The Bertz CT molecular complexity index is 779. The summed E-state index contributed by atoms with van der Waals surface area (Å²) in [5, 5.41) is 2.81. The van der Waals surface area contributed by atoms with Crippen molar-refractivity contribution in [1.82, 2.24) is 15.0 Å². The molecule has 2 aromatic heterocycles. The fraction of sp³-hybridized carbons (Fsp3) is 0.438. The van der Waals surface area contributed by atoms with Crippen molar-refractivity contribution in [2.75, 3.05) is 30.9 Å². The first-order chi connectivity index (χ1) is 12.3. The van der Waals surface area contributed by atoms with Gasteiger partial charge in [-0.1, -0.05) is 0 Å². The Morgan fingerprint density at radius 2 is 2.15 bits per heavy atom. The van der Waals surface area contributed by atoms with E-state index in [2.05, 4.69) is 20.3 Å². The van der Waals surface area contributed by atoms with Gasteiger partial charge in [-0.25, -0.2) is 9.97 Å². The van der Waals surface area contributed by atoms with Gasteiger partial charge in [0.15, 0.2) is 0 Å². The summed E-state index contributed by atoms with van der Waals surface area (Å²) in [6.07, 6.45) is -3.05. The number of nitrogens with one attached hydrogen (secondary N) is 1. The minimum atomic E-state index is -4.61. The minimum Gasteiger partial charge on any atom is -0.476 e. The van der Waals surface area contributed by atoms with Crippen molar-refractivity contribution in [2.24, 2.45) is 5.92 Å². The quantitative estimate of drug-likeness (QED) is 0.837.